The van der Waals surface area contributed by atoms with E-state index in [0.29, 0.717) is 18.5 Å². The molecule has 1 fully saturated rings. The molecule has 3 aromatic rings. The van der Waals surface area contributed by atoms with Gasteiger partial charge in [-0.1, -0.05) is 49.2 Å². The van der Waals surface area contributed by atoms with Gasteiger partial charge < -0.3 is 5.32 Å². The summed E-state index contributed by atoms with van der Waals surface area (Å²) in [4.78, 5) is 25.1. The minimum atomic E-state index is -3.42. The van der Waals surface area contributed by atoms with Crippen LogP contribution < -0.4 is 10.9 Å². The van der Waals surface area contributed by atoms with Gasteiger partial charge >= 0.3 is 0 Å². The zero-order chi connectivity index (χ0) is 21.8. The molecule has 31 heavy (non-hydrogen) atoms. The van der Waals surface area contributed by atoms with Crippen molar-refractivity contribution in [2.45, 2.75) is 42.4 Å². The Morgan fingerprint density at radius 1 is 1.00 bits per heavy atom. The molecule has 1 N–H and O–H groups in total. The second kappa shape index (κ2) is 8.85. The first-order chi connectivity index (χ1) is 14.9. The fourth-order valence-electron chi connectivity index (χ4n) is 3.78. The van der Waals surface area contributed by atoms with E-state index in [0.717, 1.165) is 18.4 Å². The lowest BCUT2D eigenvalue weighted by molar-refractivity contribution is 0.102. The lowest BCUT2D eigenvalue weighted by Crippen LogP contribution is -2.26. The number of anilines is 1. The van der Waals surface area contributed by atoms with Crippen LogP contribution in [0.3, 0.4) is 0 Å². The molecule has 0 radical (unpaired) electrons. The van der Waals surface area contributed by atoms with E-state index < -0.39 is 15.7 Å². The van der Waals surface area contributed by atoms with E-state index in [-0.39, 0.29) is 27.9 Å². The van der Waals surface area contributed by atoms with Crippen molar-refractivity contribution in [2.24, 2.45) is 0 Å². The molecular weight excluding hydrogens is 414 g/mol. The van der Waals surface area contributed by atoms with Crippen LogP contribution in [0.1, 0.15) is 41.7 Å². The second-order valence-corrected chi connectivity index (χ2v) is 9.86. The van der Waals surface area contributed by atoms with Crippen molar-refractivity contribution in [2.75, 3.05) is 5.32 Å². The fraction of sp³-hybridized carbons (Fsp3) is 0.261. The van der Waals surface area contributed by atoms with E-state index in [9.17, 15) is 18.0 Å². The molecule has 8 heteroatoms. The largest absolute Gasteiger partial charge is 0.321 e. The number of amides is 1. The lowest BCUT2D eigenvalue weighted by atomic mass is 10.2. The van der Waals surface area contributed by atoms with Gasteiger partial charge in [-0.15, -0.1) is 0 Å². The maximum atomic E-state index is 12.8. The van der Waals surface area contributed by atoms with Crippen molar-refractivity contribution in [1.29, 1.82) is 0 Å². The Labute approximate surface area is 180 Å². The van der Waals surface area contributed by atoms with Gasteiger partial charge in [-0.05, 0) is 42.7 Å². The Morgan fingerprint density at radius 3 is 2.48 bits per heavy atom. The highest BCUT2D eigenvalue weighted by atomic mass is 32.2. The zero-order valence-corrected chi connectivity index (χ0v) is 17.7. The molecule has 0 atom stereocenters. The average molecular weight is 438 g/mol. The highest BCUT2D eigenvalue weighted by molar-refractivity contribution is 7.92. The Kier molecular flexibility index (Phi) is 5.99. The van der Waals surface area contributed by atoms with Crippen LogP contribution >= 0.6 is 0 Å². The van der Waals surface area contributed by atoms with E-state index in [4.69, 9.17) is 0 Å². The van der Waals surface area contributed by atoms with E-state index in [2.05, 4.69) is 10.4 Å². The van der Waals surface area contributed by atoms with Gasteiger partial charge in [0.1, 0.15) is 5.69 Å². The van der Waals surface area contributed by atoms with Crippen LogP contribution in [0, 0.1) is 0 Å². The maximum Gasteiger partial charge on any atom is 0.276 e. The third kappa shape index (κ3) is 4.74. The van der Waals surface area contributed by atoms with Crippen LogP contribution in [0.4, 0.5) is 5.69 Å². The quantitative estimate of drug-likeness (QED) is 0.638. The van der Waals surface area contributed by atoms with Crippen LogP contribution in [-0.2, 0) is 16.4 Å². The minimum absolute atomic E-state index is 0.0691. The highest BCUT2D eigenvalue weighted by Crippen LogP contribution is 2.30. The topological polar surface area (TPSA) is 98.1 Å². The summed E-state index contributed by atoms with van der Waals surface area (Å²) in [5, 5.41) is 6.50. The van der Waals surface area contributed by atoms with Gasteiger partial charge in [-0.2, -0.15) is 5.10 Å². The predicted octanol–water partition coefficient (Wildman–Crippen LogP) is 3.26. The fourth-order valence-corrected chi connectivity index (χ4v) is 5.68. The van der Waals surface area contributed by atoms with Gasteiger partial charge in [-0.3, -0.25) is 9.59 Å². The number of nitrogens with zero attached hydrogens (tertiary/aromatic N) is 2. The summed E-state index contributed by atoms with van der Waals surface area (Å²) in [6, 6.07) is 18.3. The summed E-state index contributed by atoms with van der Waals surface area (Å²) in [7, 11) is -3.42. The predicted molar refractivity (Wildman–Crippen MR) is 118 cm³/mol. The van der Waals surface area contributed by atoms with Crippen molar-refractivity contribution in [3.05, 3.63) is 88.3 Å². The minimum Gasteiger partial charge on any atom is -0.321 e. The standard InChI is InChI=1S/C23H23N3O4S/c27-22-14-13-21(25-26(22)16-17-7-2-1-3-8-17)23(28)24-18-9-6-12-20(15-18)31(29,30)19-10-4-5-11-19/h1-3,6-9,12-15,19H,4-5,10-11,16H2,(H,24,28). The molecule has 160 valence electrons. The number of nitrogens with one attached hydrogen (secondary N) is 1. The number of carbonyl (C=O) groups is 1. The molecule has 0 spiro atoms. The van der Waals surface area contributed by atoms with Crippen LogP contribution in [0.2, 0.25) is 0 Å². The van der Waals surface area contributed by atoms with Crippen LogP contribution in [0.15, 0.2) is 76.4 Å². The van der Waals surface area contributed by atoms with Gasteiger partial charge in [0.25, 0.3) is 11.5 Å². The first kappa shape index (κ1) is 21.0. The molecule has 7 nitrogen and oxygen atoms in total. The monoisotopic (exact) mass is 437 g/mol. The zero-order valence-electron chi connectivity index (χ0n) is 16.9. The molecule has 0 aliphatic heterocycles. The maximum absolute atomic E-state index is 12.8. The Balaban J connectivity index is 1.53. The first-order valence-corrected chi connectivity index (χ1v) is 11.8. The molecule has 1 aromatic heterocycles. The number of carbonyl (C=O) groups excluding carboxylic acids is 1. The molecule has 0 saturated heterocycles. The van der Waals surface area contributed by atoms with Crippen molar-refractivity contribution < 1.29 is 13.2 Å². The van der Waals surface area contributed by atoms with E-state index in [1.54, 1.807) is 18.2 Å². The van der Waals surface area contributed by atoms with Gasteiger partial charge in [0.15, 0.2) is 9.84 Å². The number of sulfone groups is 1. The molecule has 2 aromatic carbocycles. The van der Waals surface area contributed by atoms with Crippen molar-refractivity contribution in [3.8, 4) is 0 Å². The molecule has 0 bridgehead atoms. The number of rotatable bonds is 6. The van der Waals surface area contributed by atoms with Gasteiger partial charge in [-0.25, -0.2) is 13.1 Å². The molecule has 0 unspecified atom stereocenters. The summed E-state index contributed by atoms with van der Waals surface area (Å²) in [5.74, 6) is -0.516. The third-order valence-electron chi connectivity index (χ3n) is 5.44. The van der Waals surface area contributed by atoms with Crippen molar-refractivity contribution in [3.63, 3.8) is 0 Å². The van der Waals surface area contributed by atoms with Crippen LogP contribution in [0.5, 0.6) is 0 Å². The van der Waals surface area contributed by atoms with Gasteiger partial charge in [0.2, 0.25) is 0 Å². The molecule has 1 aliphatic rings. The average Bonchev–Trinajstić information content (AvgIpc) is 3.32. The van der Waals surface area contributed by atoms with Crippen molar-refractivity contribution in [1.82, 2.24) is 9.78 Å². The number of benzene rings is 2. The Morgan fingerprint density at radius 2 is 1.74 bits per heavy atom. The van der Waals surface area contributed by atoms with Crippen LogP contribution in [-0.4, -0.2) is 29.4 Å². The summed E-state index contributed by atoms with van der Waals surface area (Å²) in [6.07, 6.45) is 3.19. The summed E-state index contributed by atoms with van der Waals surface area (Å²) in [6.45, 7) is 0.246. The van der Waals surface area contributed by atoms with Crippen LogP contribution in [0.25, 0.3) is 0 Å². The van der Waals surface area contributed by atoms with E-state index >= 15 is 0 Å². The molecule has 4 rings (SSSR count). The van der Waals surface area contributed by atoms with Gasteiger partial charge in [0, 0.05) is 11.8 Å². The Hall–Kier alpha value is -3.26. The van der Waals surface area contributed by atoms with E-state index in [1.165, 1.54) is 22.9 Å². The number of aromatic nitrogens is 2. The lowest BCUT2D eigenvalue weighted by Gasteiger charge is -2.13. The van der Waals surface area contributed by atoms with E-state index in [1.807, 2.05) is 30.3 Å². The normalized spacial score (nSPS) is 14.5. The molecule has 1 heterocycles. The highest BCUT2D eigenvalue weighted by Gasteiger charge is 2.30. The molecule has 1 amide bonds. The molecule has 1 saturated carbocycles. The van der Waals surface area contributed by atoms with Crippen molar-refractivity contribution >= 4 is 21.4 Å². The summed E-state index contributed by atoms with van der Waals surface area (Å²) >= 11 is 0. The Bertz CT molecular complexity index is 1250. The first-order valence-electron chi connectivity index (χ1n) is 10.2. The number of hydrogen-bond acceptors (Lipinski definition) is 5. The smallest absolute Gasteiger partial charge is 0.276 e. The summed E-state index contributed by atoms with van der Waals surface area (Å²) < 4.78 is 26.9. The molecular formula is C23H23N3O4S. The number of hydrogen-bond donors (Lipinski definition) is 1. The second-order valence-electron chi connectivity index (χ2n) is 7.63. The SMILES string of the molecule is O=C(Nc1cccc(S(=O)(=O)C2CCCC2)c1)c1ccc(=O)n(Cc2ccccc2)n1. The molecule has 1 aliphatic carbocycles. The van der Waals surface area contributed by atoms with Gasteiger partial charge in [0.05, 0.1) is 16.7 Å². The summed E-state index contributed by atoms with van der Waals surface area (Å²) in [5.41, 5.74) is 1.01. The third-order valence-corrected chi connectivity index (χ3v) is 7.70.